The minimum Gasteiger partial charge on any atom is -0.480 e. The highest BCUT2D eigenvalue weighted by Gasteiger charge is 2.66. The van der Waals surface area contributed by atoms with Gasteiger partial charge in [-0.25, -0.2) is 0 Å². The standard InChI is InChI=1S/C9H13NO2/c1-2-4-10-5-3-7-6-9(7,10)8(11)12/h2,7H,1,3-6H2,(H,11,12)/t7?,9-/m0/s1. The monoisotopic (exact) mass is 167 g/mol. The molecule has 3 nitrogen and oxygen atoms in total. The Hall–Kier alpha value is -0.830. The van der Waals surface area contributed by atoms with Gasteiger partial charge in [0.25, 0.3) is 0 Å². The fourth-order valence-corrected chi connectivity index (χ4v) is 2.36. The molecule has 0 aromatic heterocycles. The van der Waals surface area contributed by atoms with Gasteiger partial charge in [-0.3, -0.25) is 9.69 Å². The molecule has 1 aliphatic carbocycles. The van der Waals surface area contributed by atoms with Gasteiger partial charge in [-0.15, -0.1) is 6.58 Å². The number of hydrogen-bond acceptors (Lipinski definition) is 2. The fraction of sp³-hybridized carbons (Fsp3) is 0.667. The van der Waals surface area contributed by atoms with Crippen molar-refractivity contribution in [3.8, 4) is 0 Å². The molecule has 12 heavy (non-hydrogen) atoms. The van der Waals surface area contributed by atoms with E-state index in [1.165, 1.54) is 0 Å². The minimum absolute atomic E-state index is 0.412. The number of likely N-dealkylation sites (tertiary alicyclic amines) is 1. The van der Waals surface area contributed by atoms with Gasteiger partial charge in [0.15, 0.2) is 0 Å². The zero-order chi connectivity index (χ0) is 8.77. The molecule has 1 saturated carbocycles. The lowest BCUT2D eigenvalue weighted by Gasteiger charge is -2.22. The first-order valence-electron chi connectivity index (χ1n) is 4.31. The molecule has 0 bridgehead atoms. The van der Waals surface area contributed by atoms with Crippen LogP contribution in [0.1, 0.15) is 12.8 Å². The van der Waals surface area contributed by atoms with Crippen LogP contribution < -0.4 is 0 Å². The van der Waals surface area contributed by atoms with Gasteiger partial charge >= 0.3 is 5.97 Å². The molecular formula is C9H13NO2. The van der Waals surface area contributed by atoms with Crippen molar-refractivity contribution in [3.05, 3.63) is 12.7 Å². The number of carboxylic acid groups (broad SMARTS) is 1. The van der Waals surface area contributed by atoms with Gasteiger partial charge in [-0.05, 0) is 25.3 Å². The highest BCUT2D eigenvalue weighted by Crippen LogP contribution is 2.55. The lowest BCUT2D eigenvalue weighted by atomic mass is 10.2. The summed E-state index contributed by atoms with van der Waals surface area (Å²) in [6.45, 7) is 5.26. The number of nitrogens with zero attached hydrogens (tertiary/aromatic N) is 1. The molecule has 1 heterocycles. The van der Waals surface area contributed by atoms with E-state index in [1.807, 2.05) is 4.90 Å². The molecule has 3 heteroatoms. The van der Waals surface area contributed by atoms with E-state index in [-0.39, 0.29) is 0 Å². The summed E-state index contributed by atoms with van der Waals surface area (Å²) in [7, 11) is 0. The van der Waals surface area contributed by atoms with Crippen molar-refractivity contribution in [3.63, 3.8) is 0 Å². The first-order chi connectivity index (χ1) is 5.71. The predicted molar refractivity (Wildman–Crippen MR) is 44.9 cm³/mol. The SMILES string of the molecule is C=CCN1CCC2C[C@@]21C(=O)O. The number of carbonyl (C=O) groups is 1. The van der Waals surface area contributed by atoms with Gasteiger partial charge in [0, 0.05) is 6.54 Å². The average molecular weight is 167 g/mol. The second-order valence-electron chi connectivity index (χ2n) is 3.65. The minimum atomic E-state index is -0.646. The Balaban J connectivity index is 2.15. The van der Waals surface area contributed by atoms with E-state index in [2.05, 4.69) is 6.58 Å². The van der Waals surface area contributed by atoms with E-state index >= 15 is 0 Å². The Morgan fingerprint density at radius 2 is 2.58 bits per heavy atom. The zero-order valence-electron chi connectivity index (χ0n) is 6.99. The topological polar surface area (TPSA) is 40.5 Å². The van der Waals surface area contributed by atoms with E-state index in [1.54, 1.807) is 6.08 Å². The number of hydrogen-bond donors (Lipinski definition) is 1. The van der Waals surface area contributed by atoms with Crippen LogP contribution in [0.3, 0.4) is 0 Å². The third-order valence-corrected chi connectivity index (χ3v) is 3.10. The van der Waals surface area contributed by atoms with Gasteiger partial charge in [-0.1, -0.05) is 6.08 Å². The lowest BCUT2D eigenvalue weighted by molar-refractivity contribution is -0.144. The van der Waals surface area contributed by atoms with E-state index in [9.17, 15) is 4.79 Å². The van der Waals surface area contributed by atoms with Gasteiger partial charge in [0.05, 0.1) is 0 Å². The predicted octanol–water partition coefficient (Wildman–Crippen LogP) is 0.721. The summed E-state index contributed by atoms with van der Waals surface area (Å²) >= 11 is 0. The van der Waals surface area contributed by atoms with E-state index < -0.39 is 11.5 Å². The Bertz CT molecular complexity index is 239. The van der Waals surface area contributed by atoms with Crippen LogP contribution in [0.4, 0.5) is 0 Å². The summed E-state index contributed by atoms with van der Waals surface area (Å²) < 4.78 is 0. The van der Waals surface area contributed by atoms with Crippen LogP contribution in [0.5, 0.6) is 0 Å². The van der Waals surface area contributed by atoms with Gasteiger partial charge in [0.2, 0.25) is 0 Å². The number of piperidine rings is 1. The maximum atomic E-state index is 11.0. The Kier molecular flexibility index (Phi) is 1.51. The molecule has 0 aromatic carbocycles. The summed E-state index contributed by atoms with van der Waals surface area (Å²) in [5.41, 5.74) is -0.492. The summed E-state index contributed by atoms with van der Waals surface area (Å²) in [4.78, 5) is 13.0. The molecule has 2 fully saturated rings. The normalized spacial score (nSPS) is 39.2. The number of carboxylic acids is 1. The summed E-state index contributed by atoms with van der Waals surface area (Å²) in [5.74, 6) is -0.234. The molecule has 1 aliphatic heterocycles. The number of fused-ring (bicyclic) bond motifs is 1. The first-order valence-corrected chi connectivity index (χ1v) is 4.31. The lowest BCUT2D eigenvalue weighted by Crippen LogP contribution is -2.41. The van der Waals surface area contributed by atoms with E-state index in [0.717, 1.165) is 19.4 Å². The van der Waals surface area contributed by atoms with Crippen LogP contribution >= 0.6 is 0 Å². The smallest absolute Gasteiger partial charge is 0.324 e. The maximum absolute atomic E-state index is 11.0. The molecule has 66 valence electrons. The Morgan fingerprint density at radius 3 is 3.08 bits per heavy atom. The molecular weight excluding hydrogens is 154 g/mol. The van der Waals surface area contributed by atoms with Crippen LogP contribution in [0.25, 0.3) is 0 Å². The number of rotatable bonds is 3. The highest BCUT2D eigenvalue weighted by molar-refractivity contribution is 5.84. The third-order valence-electron chi connectivity index (χ3n) is 3.10. The fourth-order valence-electron chi connectivity index (χ4n) is 2.36. The molecule has 2 aliphatic rings. The van der Waals surface area contributed by atoms with E-state index in [0.29, 0.717) is 12.5 Å². The van der Waals surface area contributed by atoms with Crippen molar-refractivity contribution in [2.75, 3.05) is 13.1 Å². The molecule has 1 saturated heterocycles. The van der Waals surface area contributed by atoms with Crippen molar-refractivity contribution in [2.45, 2.75) is 18.4 Å². The Morgan fingerprint density at radius 1 is 1.83 bits per heavy atom. The van der Waals surface area contributed by atoms with Crippen molar-refractivity contribution in [2.24, 2.45) is 5.92 Å². The Labute approximate surface area is 71.7 Å². The van der Waals surface area contributed by atoms with Crippen LogP contribution in [-0.4, -0.2) is 34.6 Å². The van der Waals surface area contributed by atoms with Gasteiger partial charge in [-0.2, -0.15) is 0 Å². The van der Waals surface area contributed by atoms with Crippen molar-refractivity contribution < 1.29 is 9.90 Å². The summed E-state index contributed by atoms with van der Waals surface area (Å²) in [6, 6.07) is 0. The van der Waals surface area contributed by atoms with Gasteiger partial charge < -0.3 is 5.11 Å². The van der Waals surface area contributed by atoms with Crippen molar-refractivity contribution in [1.82, 2.24) is 4.90 Å². The third kappa shape index (κ3) is 0.771. The summed E-state index contributed by atoms with van der Waals surface area (Å²) in [5, 5.41) is 9.04. The maximum Gasteiger partial charge on any atom is 0.324 e. The molecule has 2 rings (SSSR count). The molecule has 0 aromatic rings. The molecule has 1 unspecified atom stereocenters. The van der Waals surface area contributed by atoms with Crippen LogP contribution in [0.15, 0.2) is 12.7 Å². The zero-order valence-corrected chi connectivity index (χ0v) is 6.99. The molecule has 2 atom stereocenters. The average Bonchev–Trinajstić information content (AvgIpc) is 2.67. The second-order valence-corrected chi connectivity index (χ2v) is 3.65. The second kappa shape index (κ2) is 2.33. The number of aliphatic carboxylic acids is 1. The van der Waals surface area contributed by atoms with E-state index in [4.69, 9.17) is 5.11 Å². The quantitative estimate of drug-likeness (QED) is 0.630. The first kappa shape index (κ1) is 7.80. The molecule has 0 radical (unpaired) electrons. The van der Waals surface area contributed by atoms with Crippen LogP contribution in [0, 0.1) is 5.92 Å². The molecule has 0 amide bonds. The van der Waals surface area contributed by atoms with Crippen molar-refractivity contribution >= 4 is 5.97 Å². The largest absolute Gasteiger partial charge is 0.480 e. The van der Waals surface area contributed by atoms with Gasteiger partial charge in [0.1, 0.15) is 5.54 Å². The van der Waals surface area contributed by atoms with Crippen molar-refractivity contribution in [1.29, 1.82) is 0 Å². The highest BCUT2D eigenvalue weighted by atomic mass is 16.4. The molecule has 0 spiro atoms. The summed E-state index contributed by atoms with van der Waals surface area (Å²) in [6.07, 6.45) is 3.67. The molecule has 1 N–H and O–H groups in total. The van der Waals surface area contributed by atoms with Crippen LogP contribution in [-0.2, 0) is 4.79 Å². The van der Waals surface area contributed by atoms with Crippen LogP contribution in [0.2, 0.25) is 0 Å².